The second-order valence-electron chi connectivity index (χ2n) is 3.97. The summed E-state index contributed by atoms with van der Waals surface area (Å²) in [4.78, 5) is 0. The highest BCUT2D eigenvalue weighted by Crippen LogP contribution is 2.26. The predicted octanol–water partition coefficient (Wildman–Crippen LogP) is 3.52. The van der Waals surface area contributed by atoms with Gasteiger partial charge in [-0.25, -0.2) is 0 Å². The molecule has 0 spiro atoms. The topological polar surface area (TPSA) is 32.3 Å². The summed E-state index contributed by atoms with van der Waals surface area (Å²) in [5, 5.41) is 13.0. The molecular weight excluding hydrogens is 289 g/mol. The number of hydrogen-bond donors (Lipinski definition) is 2. The summed E-state index contributed by atoms with van der Waals surface area (Å²) < 4.78 is 0.983. The van der Waals surface area contributed by atoms with Gasteiger partial charge in [0.05, 0.1) is 0 Å². The number of aliphatic hydroxyl groups is 1. The van der Waals surface area contributed by atoms with Crippen molar-refractivity contribution < 1.29 is 5.11 Å². The summed E-state index contributed by atoms with van der Waals surface area (Å²) in [7, 11) is 0. The third-order valence-electron chi connectivity index (χ3n) is 2.53. The van der Waals surface area contributed by atoms with E-state index in [0.717, 1.165) is 21.5 Å². The molecule has 0 aliphatic rings. The van der Waals surface area contributed by atoms with E-state index in [1.807, 2.05) is 18.2 Å². The molecule has 0 aliphatic carbocycles. The minimum Gasteiger partial charge on any atom is -0.396 e. The van der Waals surface area contributed by atoms with E-state index in [2.05, 4.69) is 35.1 Å². The van der Waals surface area contributed by atoms with Gasteiger partial charge in [-0.15, -0.1) is 0 Å². The van der Waals surface area contributed by atoms with E-state index in [0.29, 0.717) is 0 Å². The predicted molar refractivity (Wildman–Crippen MR) is 71.9 cm³/mol. The maximum atomic E-state index is 8.84. The van der Waals surface area contributed by atoms with E-state index < -0.39 is 0 Å². The first-order valence-electron chi connectivity index (χ1n) is 5.36. The SMILES string of the molecule is CC(CCO)NC(C)c1ccc(Br)cc1Cl. The van der Waals surface area contributed by atoms with Crippen molar-refractivity contribution >= 4 is 27.5 Å². The zero-order chi connectivity index (χ0) is 12.1. The summed E-state index contributed by atoms with van der Waals surface area (Å²) in [5.74, 6) is 0. The molecule has 0 heterocycles. The molecule has 0 aromatic heterocycles. The van der Waals surface area contributed by atoms with Crippen LogP contribution in [-0.4, -0.2) is 17.8 Å². The van der Waals surface area contributed by atoms with E-state index in [4.69, 9.17) is 16.7 Å². The molecule has 2 unspecified atom stereocenters. The van der Waals surface area contributed by atoms with Crippen molar-refractivity contribution in [1.82, 2.24) is 5.32 Å². The van der Waals surface area contributed by atoms with Crippen LogP contribution < -0.4 is 5.32 Å². The fourth-order valence-corrected chi connectivity index (χ4v) is 2.48. The molecule has 0 amide bonds. The van der Waals surface area contributed by atoms with Gasteiger partial charge in [0.1, 0.15) is 0 Å². The Kier molecular flexibility index (Phi) is 5.76. The van der Waals surface area contributed by atoms with Crippen molar-refractivity contribution in [3.05, 3.63) is 33.3 Å². The lowest BCUT2D eigenvalue weighted by atomic mass is 10.1. The summed E-state index contributed by atoms with van der Waals surface area (Å²) in [6, 6.07) is 6.35. The highest BCUT2D eigenvalue weighted by atomic mass is 79.9. The van der Waals surface area contributed by atoms with Crippen LogP contribution in [0.4, 0.5) is 0 Å². The molecule has 0 radical (unpaired) electrons. The number of aliphatic hydroxyl groups excluding tert-OH is 1. The van der Waals surface area contributed by atoms with Gasteiger partial charge in [0.25, 0.3) is 0 Å². The second kappa shape index (κ2) is 6.60. The number of hydrogen-bond acceptors (Lipinski definition) is 2. The Labute approximate surface area is 110 Å². The average molecular weight is 307 g/mol. The first-order valence-corrected chi connectivity index (χ1v) is 6.53. The van der Waals surface area contributed by atoms with Crippen LogP contribution in [-0.2, 0) is 0 Å². The van der Waals surface area contributed by atoms with Crippen molar-refractivity contribution in [1.29, 1.82) is 0 Å². The van der Waals surface area contributed by atoms with Crippen molar-refractivity contribution in [2.75, 3.05) is 6.61 Å². The first kappa shape index (κ1) is 14.0. The molecule has 1 aromatic carbocycles. The molecular formula is C12H17BrClNO. The Morgan fingerprint density at radius 1 is 1.44 bits per heavy atom. The Morgan fingerprint density at radius 3 is 2.69 bits per heavy atom. The second-order valence-corrected chi connectivity index (χ2v) is 5.29. The normalized spacial score (nSPS) is 14.8. The van der Waals surface area contributed by atoms with Crippen LogP contribution >= 0.6 is 27.5 Å². The van der Waals surface area contributed by atoms with Crippen LogP contribution in [0, 0.1) is 0 Å². The van der Waals surface area contributed by atoms with Crippen molar-refractivity contribution in [2.24, 2.45) is 0 Å². The third kappa shape index (κ3) is 4.06. The van der Waals surface area contributed by atoms with Crippen molar-refractivity contribution in [3.8, 4) is 0 Å². The molecule has 90 valence electrons. The van der Waals surface area contributed by atoms with Crippen LogP contribution in [0.15, 0.2) is 22.7 Å². The smallest absolute Gasteiger partial charge is 0.0464 e. The van der Waals surface area contributed by atoms with Crippen LogP contribution in [0.25, 0.3) is 0 Å². The molecule has 2 N–H and O–H groups in total. The monoisotopic (exact) mass is 305 g/mol. The first-order chi connectivity index (χ1) is 7.54. The molecule has 0 fully saturated rings. The van der Waals surface area contributed by atoms with Crippen molar-refractivity contribution in [2.45, 2.75) is 32.4 Å². The molecule has 0 bridgehead atoms. The molecule has 2 nitrogen and oxygen atoms in total. The zero-order valence-electron chi connectivity index (χ0n) is 9.50. The maximum Gasteiger partial charge on any atom is 0.0464 e. The Morgan fingerprint density at radius 2 is 2.12 bits per heavy atom. The maximum absolute atomic E-state index is 8.84. The summed E-state index contributed by atoms with van der Waals surface area (Å²) in [6.07, 6.45) is 0.748. The van der Waals surface area contributed by atoms with E-state index in [1.54, 1.807) is 0 Å². The van der Waals surface area contributed by atoms with Crippen LogP contribution in [0.2, 0.25) is 5.02 Å². The van der Waals surface area contributed by atoms with E-state index >= 15 is 0 Å². The molecule has 1 rings (SSSR count). The van der Waals surface area contributed by atoms with Gasteiger partial charge in [-0.2, -0.15) is 0 Å². The molecule has 0 saturated heterocycles. The van der Waals surface area contributed by atoms with E-state index in [-0.39, 0.29) is 18.7 Å². The average Bonchev–Trinajstić information content (AvgIpc) is 2.17. The highest BCUT2D eigenvalue weighted by molar-refractivity contribution is 9.10. The highest BCUT2D eigenvalue weighted by Gasteiger charge is 2.12. The summed E-state index contributed by atoms with van der Waals surface area (Å²) in [5.41, 5.74) is 1.08. The van der Waals surface area contributed by atoms with Gasteiger partial charge in [-0.1, -0.05) is 33.6 Å². The van der Waals surface area contributed by atoms with Crippen LogP contribution in [0.1, 0.15) is 31.9 Å². The number of rotatable bonds is 5. The Hall–Kier alpha value is -0.0900. The Bertz CT molecular complexity index is 346. The minimum absolute atomic E-state index is 0.183. The summed E-state index contributed by atoms with van der Waals surface area (Å²) >= 11 is 9.55. The van der Waals surface area contributed by atoms with Gasteiger partial charge >= 0.3 is 0 Å². The summed E-state index contributed by atoms with van der Waals surface area (Å²) in [6.45, 7) is 4.33. The van der Waals surface area contributed by atoms with Crippen LogP contribution in [0.3, 0.4) is 0 Å². The van der Waals surface area contributed by atoms with Crippen LogP contribution in [0.5, 0.6) is 0 Å². The molecule has 16 heavy (non-hydrogen) atoms. The minimum atomic E-state index is 0.183. The standard InChI is InChI=1S/C12H17BrClNO/c1-8(5-6-16)15-9(2)11-4-3-10(13)7-12(11)14/h3-4,7-9,15-16H,5-6H2,1-2H3. The lowest BCUT2D eigenvalue weighted by Crippen LogP contribution is -2.29. The zero-order valence-corrected chi connectivity index (χ0v) is 11.8. The van der Waals surface area contributed by atoms with Gasteiger partial charge in [-0.05, 0) is 38.0 Å². The van der Waals surface area contributed by atoms with Gasteiger partial charge in [0.2, 0.25) is 0 Å². The lowest BCUT2D eigenvalue weighted by Gasteiger charge is -2.20. The molecule has 2 atom stereocenters. The largest absolute Gasteiger partial charge is 0.396 e. The third-order valence-corrected chi connectivity index (χ3v) is 3.35. The Balaban J connectivity index is 2.69. The van der Waals surface area contributed by atoms with Gasteiger partial charge in [0.15, 0.2) is 0 Å². The number of halogens is 2. The quantitative estimate of drug-likeness (QED) is 0.872. The van der Waals surface area contributed by atoms with Gasteiger partial charge in [-0.3, -0.25) is 0 Å². The van der Waals surface area contributed by atoms with Gasteiger partial charge < -0.3 is 10.4 Å². The molecule has 0 saturated carbocycles. The molecule has 4 heteroatoms. The fraction of sp³-hybridized carbons (Fsp3) is 0.500. The number of benzene rings is 1. The molecule has 1 aromatic rings. The van der Waals surface area contributed by atoms with E-state index in [9.17, 15) is 0 Å². The number of nitrogens with one attached hydrogen (secondary N) is 1. The van der Waals surface area contributed by atoms with Crippen molar-refractivity contribution in [3.63, 3.8) is 0 Å². The van der Waals surface area contributed by atoms with Gasteiger partial charge in [0, 0.05) is 28.2 Å². The van der Waals surface area contributed by atoms with E-state index in [1.165, 1.54) is 0 Å². The lowest BCUT2D eigenvalue weighted by molar-refractivity contribution is 0.264. The molecule has 0 aliphatic heterocycles. The fourth-order valence-electron chi connectivity index (χ4n) is 1.65.